The van der Waals surface area contributed by atoms with Gasteiger partial charge in [-0.2, -0.15) is 0 Å². The van der Waals surface area contributed by atoms with E-state index < -0.39 is 0 Å². The molecule has 1 heterocycles. The third-order valence-corrected chi connectivity index (χ3v) is 1.68. The van der Waals surface area contributed by atoms with E-state index in [1.165, 1.54) is 6.26 Å². The standard InChI is InChI=1S/C6H6O2Se/c1-4-6(7)5(9)2-3-8-4/h2-3,7H,1H3/q+1/p-1. The van der Waals surface area contributed by atoms with Crippen molar-refractivity contribution >= 4 is 15.6 Å². The van der Waals surface area contributed by atoms with Crippen LogP contribution in [0, 0.1) is 11.0 Å². The van der Waals surface area contributed by atoms with Gasteiger partial charge in [0.25, 0.3) is 0 Å². The molecule has 0 fully saturated rings. The van der Waals surface area contributed by atoms with Crippen LogP contribution in [-0.4, -0.2) is 15.6 Å². The quantitative estimate of drug-likeness (QED) is 0.551. The Morgan fingerprint density at radius 2 is 2.33 bits per heavy atom. The van der Waals surface area contributed by atoms with Crippen molar-refractivity contribution in [3.8, 4) is 5.75 Å². The molecule has 0 aliphatic carbocycles. The van der Waals surface area contributed by atoms with Crippen molar-refractivity contribution in [3.63, 3.8) is 0 Å². The maximum absolute atomic E-state index is 10.8. The van der Waals surface area contributed by atoms with Gasteiger partial charge < -0.3 is 0 Å². The Labute approximate surface area is 60.5 Å². The van der Waals surface area contributed by atoms with E-state index in [0.717, 1.165) is 0 Å². The summed E-state index contributed by atoms with van der Waals surface area (Å²) in [6, 6.07) is 1.61. The van der Waals surface area contributed by atoms with Crippen LogP contribution in [0.2, 0.25) is 0 Å². The van der Waals surface area contributed by atoms with Crippen LogP contribution in [0.1, 0.15) is 5.76 Å². The molecule has 1 aromatic rings. The van der Waals surface area contributed by atoms with Gasteiger partial charge in [-0.05, 0) is 0 Å². The summed E-state index contributed by atoms with van der Waals surface area (Å²) in [6.45, 7) is 1.64. The number of rotatable bonds is 0. The average Bonchev–Trinajstić information content (AvgIpc) is 1.83. The third kappa shape index (κ3) is 1.23. The summed E-state index contributed by atoms with van der Waals surface area (Å²) < 4.78 is 5.42. The van der Waals surface area contributed by atoms with Gasteiger partial charge in [-0.1, -0.05) is 0 Å². The van der Waals surface area contributed by atoms with E-state index in [4.69, 9.17) is 4.42 Å². The molecule has 0 unspecified atom stereocenters. The average molecular weight is 188 g/mol. The molecular formula is C6H5O2Se. The minimum atomic E-state index is -0.0579. The second-order valence-electron chi connectivity index (χ2n) is 1.67. The fourth-order valence-electron chi connectivity index (χ4n) is 0.501. The summed E-state index contributed by atoms with van der Waals surface area (Å²) in [7, 11) is 0. The first-order valence-corrected chi connectivity index (χ1v) is 3.33. The van der Waals surface area contributed by atoms with E-state index >= 15 is 0 Å². The second kappa shape index (κ2) is 2.38. The molecule has 1 radical (unpaired) electrons. The molecule has 0 bridgehead atoms. The molecule has 1 rings (SSSR count). The van der Waals surface area contributed by atoms with Crippen molar-refractivity contribution in [2.24, 2.45) is 0 Å². The molecule has 2 nitrogen and oxygen atoms in total. The van der Waals surface area contributed by atoms with Gasteiger partial charge in [0.05, 0.1) is 0 Å². The zero-order valence-electron chi connectivity index (χ0n) is 4.88. The first-order valence-electron chi connectivity index (χ1n) is 2.47. The van der Waals surface area contributed by atoms with Crippen molar-refractivity contribution in [1.29, 1.82) is 0 Å². The van der Waals surface area contributed by atoms with E-state index in [-0.39, 0.29) is 5.75 Å². The van der Waals surface area contributed by atoms with Gasteiger partial charge in [0.1, 0.15) is 0 Å². The molecule has 0 aromatic carbocycles. The SMILES string of the molecule is Cc1occc(=[Se+])c1[O-]. The van der Waals surface area contributed by atoms with Crippen molar-refractivity contribution in [2.45, 2.75) is 6.92 Å². The number of hydrogen-bond donors (Lipinski definition) is 0. The summed E-state index contributed by atoms with van der Waals surface area (Å²) >= 11 is 2.64. The van der Waals surface area contributed by atoms with E-state index in [1.807, 2.05) is 0 Å². The van der Waals surface area contributed by atoms with Crippen LogP contribution in [-0.2, 0) is 0 Å². The first kappa shape index (κ1) is 6.59. The van der Waals surface area contributed by atoms with Crippen LogP contribution in [0.15, 0.2) is 16.7 Å². The zero-order chi connectivity index (χ0) is 6.85. The van der Waals surface area contributed by atoms with Crippen molar-refractivity contribution in [3.05, 3.63) is 22.2 Å². The molecule has 9 heavy (non-hydrogen) atoms. The normalized spacial score (nSPS) is 9.44. The Bertz CT molecular complexity index is 264. The van der Waals surface area contributed by atoms with Gasteiger partial charge in [-0.3, -0.25) is 0 Å². The van der Waals surface area contributed by atoms with Crippen molar-refractivity contribution < 1.29 is 9.52 Å². The Balaban J connectivity index is 3.43. The molecule has 0 atom stereocenters. The van der Waals surface area contributed by atoms with E-state index in [2.05, 4.69) is 15.6 Å². The fraction of sp³-hybridized carbons (Fsp3) is 0.167. The zero-order valence-corrected chi connectivity index (χ0v) is 6.59. The molecule has 0 amide bonds. The molecule has 0 spiro atoms. The monoisotopic (exact) mass is 189 g/mol. The minimum absolute atomic E-state index is 0.0579. The number of aryl methyl sites for hydroxylation is 1. The number of hydrogen-bond acceptors (Lipinski definition) is 2. The van der Waals surface area contributed by atoms with Gasteiger partial charge in [0.15, 0.2) is 0 Å². The molecule has 0 aliphatic heterocycles. The Morgan fingerprint density at radius 1 is 1.67 bits per heavy atom. The Kier molecular flexibility index (Phi) is 1.74. The first-order chi connectivity index (χ1) is 4.22. The summed E-state index contributed by atoms with van der Waals surface area (Å²) in [5.41, 5.74) is 0. The van der Waals surface area contributed by atoms with Crippen LogP contribution >= 0.6 is 0 Å². The van der Waals surface area contributed by atoms with Gasteiger partial charge in [0.2, 0.25) is 0 Å². The predicted octanol–water partition coefficient (Wildman–Crippen LogP) is 0.362. The van der Waals surface area contributed by atoms with Crippen LogP contribution in [0.5, 0.6) is 5.75 Å². The molecule has 0 saturated heterocycles. The van der Waals surface area contributed by atoms with Crippen molar-refractivity contribution in [1.82, 2.24) is 0 Å². The van der Waals surface area contributed by atoms with Gasteiger partial charge in [-0.25, -0.2) is 0 Å². The summed E-state index contributed by atoms with van der Waals surface area (Å²) in [5, 5.41) is 10.8. The second-order valence-corrected chi connectivity index (χ2v) is 2.59. The fourth-order valence-corrected chi connectivity index (χ4v) is 0.919. The van der Waals surface area contributed by atoms with Crippen LogP contribution in [0.25, 0.3) is 0 Å². The molecule has 0 saturated carbocycles. The summed E-state index contributed by atoms with van der Waals surface area (Å²) in [4.78, 5) is 0. The van der Waals surface area contributed by atoms with E-state index in [0.29, 0.717) is 9.82 Å². The predicted molar refractivity (Wildman–Crippen MR) is 31.9 cm³/mol. The molecule has 3 heteroatoms. The maximum atomic E-state index is 10.8. The van der Waals surface area contributed by atoms with E-state index in [1.54, 1.807) is 13.0 Å². The van der Waals surface area contributed by atoms with E-state index in [9.17, 15) is 5.11 Å². The van der Waals surface area contributed by atoms with Crippen LogP contribution in [0.3, 0.4) is 0 Å². The summed E-state index contributed by atoms with van der Waals surface area (Å²) in [5.74, 6) is 0.365. The van der Waals surface area contributed by atoms with Gasteiger partial charge >= 0.3 is 59.9 Å². The Hall–Kier alpha value is -0.531. The van der Waals surface area contributed by atoms with Crippen LogP contribution in [0.4, 0.5) is 0 Å². The third-order valence-electron chi connectivity index (χ3n) is 1.01. The molecule has 0 N–H and O–H groups in total. The molecular weight excluding hydrogens is 183 g/mol. The molecule has 1 aromatic heterocycles. The van der Waals surface area contributed by atoms with Crippen LogP contribution < -0.4 is 5.11 Å². The van der Waals surface area contributed by atoms with Gasteiger partial charge in [0, 0.05) is 0 Å². The topological polar surface area (TPSA) is 36.2 Å². The van der Waals surface area contributed by atoms with Crippen molar-refractivity contribution in [2.75, 3.05) is 0 Å². The van der Waals surface area contributed by atoms with Gasteiger partial charge in [-0.15, -0.1) is 0 Å². The molecule has 47 valence electrons. The summed E-state index contributed by atoms with van der Waals surface area (Å²) in [6.07, 6.45) is 1.49. The Morgan fingerprint density at radius 3 is 2.78 bits per heavy atom. The molecule has 0 aliphatic rings.